The maximum Gasteiger partial charge on any atom is 0.165 e. The van der Waals surface area contributed by atoms with Gasteiger partial charge in [0.05, 0.1) is 7.11 Å². The lowest BCUT2D eigenvalue weighted by molar-refractivity contribution is 0.218. The molecule has 1 fully saturated rings. The summed E-state index contributed by atoms with van der Waals surface area (Å²) in [7, 11) is 1.47. The zero-order chi connectivity index (χ0) is 13.1. The lowest BCUT2D eigenvalue weighted by atomic mass is 9.99. The largest absolute Gasteiger partial charge is 0.494 e. The first-order chi connectivity index (χ1) is 8.63. The molecule has 0 amide bonds. The van der Waals surface area contributed by atoms with Crippen molar-refractivity contribution in [2.24, 2.45) is 5.73 Å². The molecule has 3 nitrogen and oxygen atoms in total. The van der Waals surface area contributed by atoms with Gasteiger partial charge in [-0.1, -0.05) is 6.07 Å². The topological polar surface area (TPSA) is 38.5 Å². The average molecular weight is 252 g/mol. The number of halogens is 1. The van der Waals surface area contributed by atoms with E-state index in [4.69, 9.17) is 10.5 Å². The van der Waals surface area contributed by atoms with Crippen LogP contribution in [0, 0.1) is 5.82 Å². The second-order valence-electron chi connectivity index (χ2n) is 4.94. The van der Waals surface area contributed by atoms with Crippen molar-refractivity contribution in [3.8, 4) is 5.75 Å². The monoisotopic (exact) mass is 252 g/mol. The Hall–Kier alpha value is -1.13. The Bertz CT molecular complexity index is 403. The van der Waals surface area contributed by atoms with Gasteiger partial charge in [0.25, 0.3) is 0 Å². The van der Waals surface area contributed by atoms with Gasteiger partial charge in [0.1, 0.15) is 0 Å². The van der Waals surface area contributed by atoms with Crippen LogP contribution in [0.2, 0.25) is 0 Å². The van der Waals surface area contributed by atoms with E-state index in [0.29, 0.717) is 0 Å². The Balaban J connectivity index is 2.27. The van der Waals surface area contributed by atoms with E-state index < -0.39 is 0 Å². The highest BCUT2D eigenvalue weighted by Gasteiger charge is 2.27. The summed E-state index contributed by atoms with van der Waals surface area (Å²) in [4.78, 5) is 2.34. The van der Waals surface area contributed by atoms with Crippen molar-refractivity contribution in [3.05, 3.63) is 29.6 Å². The van der Waals surface area contributed by atoms with Gasteiger partial charge in [-0.25, -0.2) is 4.39 Å². The molecule has 0 radical (unpaired) electrons. The number of nitrogens with zero attached hydrogens (tertiary/aromatic N) is 1. The first-order valence-corrected chi connectivity index (χ1v) is 6.46. The predicted molar refractivity (Wildman–Crippen MR) is 70.1 cm³/mol. The molecule has 0 aromatic heterocycles. The van der Waals surface area contributed by atoms with E-state index in [2.05, 4.69) is 4.90 Å². The number of methoxy groups -OCH3 is 1. The minimum Gasteiger partial charge on any atom is -0.494 e. The summed E-state index contributed by atoms with van der Waals surface area (Å²) in [5, 5.41) is 0. The van der Waals surface area contributed by atoms with E-state index in [1.54, 1.807) is 12.1 Å². The molecule has 0 saturated carbocycles. The third kappa shape index (κ3) is 2.65. The quantitative estimate of drug-likeness (QED) is 0.893. The Labute approximate surface area is 108 Å². The van der Waals surface area contributed by atoms with Crippen LogP contribution in [0.25, 0.3) is 0 Å². The number of ether oxygens (including phenoxy) is 1. The summed E-state index contributed by atoms with van der Waals surface area (Å²) in [5.74, 6) is -0.0385. The van der Waals surface area contributed by atoms with E-state index in [9.17, 15) is 4.39 Å². The van der Waals surface area contributed by atoms with Gasteiger partial charge in [0, 0.05) is 12.1 Å². The highest BCUT2D eigenvalue weighted by atomic mass is 19.1. The molecule has 0 bridgehead atoms. The molecule has 4 heteroatoms. The highest BCUT2D eigenvalue weighted by molar-refractivity contribution is 5.31. The standard InChI is InChI=1S/C14H21FN2O/c1-10(16)14(17-7-3-4-8-17)11-5-6-13(18-2)12(15)9-11/h5-6,9-10,14H,3-4,7-8,16H2,1-2H3. The summed E-state index contributed by atoms with van der Waals surface area (Å²) < 4.78 is 18.7. The number of rotatable bonds is 4. The van der Waals surface area contributed by atoms with Crippen molar-refractivity contribution in [3.63, 3.8) is 0 Å². The van der Waals surface area contributed by atoms with Crippen LogP contribution in [0.5, 0.6) is 5.75 Å². The van der Waals surface area contributed by atoms with Crippen LogP contribution < -0.4 is 10.5 Å². The van der Waals surface area contributed by atoms with Crippen molar-refractivity contribution >= 4 is 0 Å². The molecule has 1 aromatic carbocycles. The number of benzene rings is 1. The smallest absolute Gasteiger partial charge is 0.165 e. The van der Waals surface area contributed by atoms with E-state index in [1.165, 1.54) is 20.0 Å². The fourth-order valence-corrected chi connectivity index (χ4v) is 2.73. The van der Waals surface area contributed by atoms with Crippen LogP contribution >= 0.6 is 0 Å². The molecule has 100 valence electrons. The maximum atomic E-state index is 13.8. The van der Waals surface area contributed by atoms with Crippen LogP contribution in [0.4, 0.5) is 4.39 Å². The summed E-state index contributed by atoms with van der Waals surface area (Å²) in [5.41, 5.74) is 7.01. The van der Waals surface area contributed by atoms with Gasteiger partial charge in [0.15, 0.2) is 11.6 Å². The van der Waals surface area contributed by atoms with Crippen molar-refractivity contribution < 1.29 is 9.13 Å². The lowest BCUT2D eigenvalue weighted by Crippen LogP contribution is -2.37. The summed E-state index contributed by atoms with van der Waals surface area (Å²) >= 11 is 0. The molecule has 1 saturated heterocycles. The molecule has 1 heterocycles. The molecule has 1 aromatic rings. The first kappa shape index (κ1) is 13.3. The Kier molecular flexibility index (Phi) is 4.19. The zero-order valence-corrected chi connectivity index (χ0v) is 11.0. The maximum absolute atomic E-state index is 13.8. The van der Waals surface area contributed by atoms with Gasteiger partial charge in [-0.2, -0.15) is 0 Å². The van der Waals surface area contributed by atoms with Crippen LogP contribution in [0.3, 0.4) is 0 Å². The molecule has 0 aliphatic carbocycles. The molecular weight excluding hydrogens is 231 g/mol. The van der Waals surface area contributed by atoms with Gasteiger partial charge in [0.2, 0.25) is 0 Å². The molecule has 1 aliphatic heterocycles. The molecule has 2 atom stereocenters. The highest BCUT2D eigenvalue weighted by Crippen LogP contribution is 2.30. The Morgan fingerprint density at radius 1 is 1.33 bits per heavy atom. The normalized spacial score (nSPS) is 19.8. The summed E-state index contributed by atoms with van der Waals surface area (Å²) in [6, 6.07) is 5.21. The third-order valence-corrected chi connectivity index (χ3v) is 3.55. The van der Waals surface area contributed by atoms with Crippen molar-refractivity contribution in [2.45, 2.75) is 31.8 Å². The fourth-order valence-electron chi connectivity index (χ4n) is 2.73. The van der Waals surface area contributed by atoms with Crippen molar-refractivity contribution in [1.29, 1.82) is 0 Å². The van der Waals surface area contributed by atoms with E-state index in [-0.39, 0.29) is 23.7 Å². The van der Waals surface area contributed by atoms with Crippen LogP contribution in [-0.4, -0.2) is 31.1 Å². The Morgan fingerprint density at radius 3 is 2.50 bits per heavy atom. The van der Waals surface area contributed by atoms with E-state index in [0.717, 1.165) is 18.7 Å². The number of likely N-dealkylation sites (tertiary alicyclic amines) is 1. The first-order valence-electron chi connectivity index (χ1n) is 6.46. The minimum atomic E-state index is -0.320. The van der Waals surface area contributed by atoms with Crippen molar-refractivity contribution in [1.82, 2.24) is 4.90 Å². The van der Waals surface area contributed by atoms with Gasteiger partial charge in [-0.15, -0.1) is 0 Å². The number of nitrogens with two attached hydrogens (primary N) is 1. The van der Waals surface area contributed by atoms with E-state index in [1.807, 2.05) is 13.0 Å². The van der Waals surface area contributed by atoms with E-state index >= 15 is 0 Å². The molecule has 18 heavy (non-hydrogen) atoms. The second kappa shape index (κ2) is 5.67. The lowest BCUT2D eigenvalue weighted by Gasteiger charge is -2.31. The van der Waals surface area contributed by atoms with Gasteiger partial charge in [-0.05, 0) is 50.6 Å². The average Bonchev–Trinajstić information content (AvgIpc) is 2.82. The molecule has 1 aliphatic rings. The van der Waals surface area contributed by atoms with Crippen LogP contribution in [0.15, 0.2) is 18.2 Å². The van der Waals surface area contributed by atoms with Gasteiger partial charge < -0.3 is 10.5 Å². The van der Waals surface area contributed by atoms with Gasteiger partial charge in [-0.3, -0.25) is 4.90 Å². The summed E-state index contributed by atoms with van der Waals surface area (Å²) in [6.45, 7) is 4.06. The van der Waals surface area contributed by atoms with Crippen LogP contribution in [-0.2, 0) is 0 Å². The molecular formula is C14H21FN2O. The summed E-state index contributed by atoms with van der Waals surface area (Å²) in [6.07, 6.45) is 2.39. The molecule has 0 spiro atoms. The number of hydrogen-bond acceptors (Lipinski definition) is 3. The Morgan fingerprint density at radius 2 is 2.00 bits per heavy atom. The molecule has 2 unspecified atom stereocenters. The molecule has 2 rings (SSSR count). The number of hydrogen-bond donors (Lipinski definition) is 1. The second-order valence-corrected chi connectivity index (χ2v) is 4.94. The zero-order valence-electron chi connectivity index (χ0n) is 11.0. The molecule has 2 N–H and O–H groups in total. The third-order valence-electron chi connectivity index (χ3n) is 3.55. The SMILES string of the molecule is COc1ccc(C(C(C)N)N2CCCC2)cc1F. The predicted octanol–water partition coefficient (Wildman–Crippen LogP) is 2.32. The van der Waals surface area contributed by atoms with Crippen molar-refractivity contribution in [2.75, 3.05) is 20.2 Å². The fraction of sp³-hybridized carbons (Fsp3) is 0.571. The van der Waals surface area contributed by atoms with Crippen LogP contribution in [0.1, 0.15) is 31.4 Å². The minimum absolute atomic E-state index is 0.0177. The van der Waals surface area contributed by atoms with Gasteiger partial charge >= 0.3 is 0 Å².